The van der Waals surface area contributed by atoms with Gasteiger partial charge in [0.05, 0.1) is 17.8 Å². The highest BCUT2D eigenvalue weighted by Gasteiger charge is 2.13. The summed E-state index contributed by atoms with van der Waals surface area (Å²) in [5.74, 6) is 0.485. The van der Waals surface area contributed by atoms with Crippen molar-refractivity contribution in [2.75, 3.05) is 20.3 Å². The van der Waals surface area contributed by atoms with E-state index >= 15 is 0 Å². The Labute approximate surface area is 99.7 Å². The number of aromatic nitrogens is 1. The van der Waals surface area contributed by atoms with E-state index in [-0.39, 0.29) is 5.82 Å². The van der Waals surface area contributed by atoms with Crippen molar-refractivity contribution in [3.8, 4) is 5.75 Å². The maximum atomic E-state index is 13.3. The molecule has 0 atom stereocenters. The summed E-state index contributed by atoms with van der Waals surface area (Å²) in [6, 6.07) is 4.73. The maximum absolute atomic E-state index is 13.3. The Balaban J connectivity index is 2.45. The number of methoxy groups -OCH3 is 1. The van der Waals surface area contributed by atoms with Gasteiger partial charge in [-0.05, 0) is 25.1 Å². The Morgan fingerprint density at radius 3 is 2.76 bits per heavy atom. The van der Waals surface area contributed by atoms with Gasteiger partial charge in [-0.25, -0.2) is 4.39 Å². The number of rotatable bonds is 4. The van der Waals surface area contributed by atoms with Crippen molar-refractivity contribution in [1.29, 1.82) is 0 Å². The molecule has 0 unspecified atom stereocenters. The van der Waals surface area contributed by atoms with Gasteiger partial charge < -0.3 is 14.0 Å². The number of ether oxygens (including phenoxy) is 2. The van der Waals surface area contributed by atoms with E-state index in [1.165, 1.54) is 12.1 Å². The van der Waals surface area contributed by atoms with Crippen molar-refractivity contribution in [3.05, 3.63) is 29.7 Å². The number of fused-ring (bicyclic) bond motifs is 1. The Morgan fingerprint density at radius 1 is 1.29 bits per heavy atom. The summed E-state index contributed by atoms with van der Waals surface area (Å²) < 4.78 is 25.8. The molecule has 0 spiro atoms. The number of nitrogens with zero attached hydrogens (tertiary/aromatic N) is 1. The summed E-state index contributed by atoms with van der Waals surface area (Å²) in [5, 5.41) is 0.807. The summed E-state index contributed by atoms with van der Waals surface area (Å²) >= 11 is 0. The van der Waals surface area contributed by atoms with Crippen molar-refractivity contribution in [2.45, 2.75) is 6.92 Å². The predicted molar refractivity (Wildman–Crippen MR) is 65.0 cm³/mol. The molecule has 0 amide bonds. The van der Waals surface area contributed by atoms with Gasteiger partial charge in [0.25, 0.3) is 0 Å². The fourth-order valence-corrected chi connectivity index (χ4v) is 1.92. The molecule has 17 heavy (non-hydrogen) atoms. The van der Waals surface area contributed by atoms with Crippen LogP contribution >= 0.6 is 0 Å². The van der Waals surface area contributed by atoms with Gasteiger partial charge in [-0.1, -0.05) is 0 Å². The summed E-state index contributed by atoms with van der Waals surface area (Å²) in [7, 11) is 3.57. The van der Waals surface area contributed by atoms with E-state index in [0.29, 0.717) is 13.2 Å². The monoisotopic (exact) mass is 237 g/mol. The molecular weight excluding hydrogens is 221 g/mol. The fraction of sp³-hybridized carbons (Fsp3) is 0.385. The molecule has 4 heteroatoms. The molecule has 0 radical (unpaired) electrons. The van der Waals surface area contributed by atoms with Crippen LogP contribution < -0.4 is 4.74 Å². The third-order valence-corrected chi connectivity index (χ3v) is 2.93. The van der Waals surface area contributed by atoms with E-state index in [9.17, 15) is 4.39 Å². The van der Waals surface area contributed by atoms with Gasteiger partial charge in [-0.2, -0.15) is 0 Å². The van der Waals surface area contributed by atoms with Gasteiger partial charge in [0.15, 0.2) is 0 Å². The zero-order valence-electron chi connectivity index (χ0n) is 10.3. The zero-order chi connectivity index (χ0) is 12.4. The van der Waals surface area contributed by atoms with Crippen LogP contribution in [0.2, 0.25) is 0 Å². The van der Waals surface area contributed by atoms with Crippen LogP contribution in [0.3, 0.4) is 0 Å². The zero-order valence-corrected chi connectivity index (χ0v) is 10.3. The van der Waals surface area contributed by atoms with Crippen LogP contribution in [0.5, 0.6) is 5.75 Å². The van der Waals surface area contributed by atoms with E-state index in [2.05, 4.69) is 0 Å². The first-order valence-corrected chi connectivity index (χ1v) is 5.51. The summed E-state index contributed by atoms with van der Waals surface area (Å²) in [6.45, 7) is 2.94. The van der Waals surface area contributed by atoms with E-state index in [1.807, 2.05) is 18.5 Å². The first-order chi connectivity index (χ1) is 8.15. The molecular formula is C13H16FNO2. The summed E-state index contributed by atoms with van der Waals surface area (Å²) in [5.41, 5.74) is 1.96. The third kappa shape index (κ3) is 2.13. The third-order valence-electron chi connectivity index (χ3n) is 2.93. The van der Waals surface area contributed by atoms with Crippen molar-refractivity contribution in [2.24, 2.45) is 7.05 Å². The van der Waals surface area contributed by atoms with Gasteiger partial charge in [0, 0.05) is 19.5 Å². The molecule has 2 rings (SSSR count). The first-order valence-electron chi connectivity index (χ1n) is 5.51. The highest BCUT2D eigenvalue weighted by Crippen LogP contribution is 2.32. The lowest BCUT2D eigenvalue weighted by molar-refractivity contribution is 0.146. The van der Waals surface area contributed by atoms with Gasteiger partial charge in [-0.3, -0.25) is 0 Å². The van der Waals surface area contributed by atoms with Crippen LogP contribution in [0, 0.1) is 12.7 Å². The van der Waals surface area contributed by atoms with Crippen molar-refractivity contribution < 1.29 is 13.9 Å². The van der Waals surface area contributed by atoms with E-state index in [1.54, 1.807) is 13.2 Å². The molecule has 3 nitrogen and oxygen atoms in total. The highest BCUT2D eigenvalue weighted by molar-refractivity contribution is 5.88. The summed E-state index contributed by atoms with van der Waals surface area (Å²) in [4.78, 5) is 0. The number of halogens is 1. The second-order valence-electron chi connectivity index (χ2n) is 3.98. The quantitative estimate of drug-likeness (QED) is 0.763. The molecule has 2 aromatic rings. The molecule has 0 N–H and O–H groups in total. The van der Waals surface area contributed by atoms with Gasteiger partial charge in [0.1, 0.15) is 18.2 Å². The molecule has 1 heterocycles. The molecule has 92 valence electrons. The minimum Gasteiger partial charge on any atom is -0.489 e. The molecule has 0 aliphatic rings. The second-order valence-corrected chi connectivity index (χ2v) is 3.98. The number of hydrogen-bond acceptors (Lipinski definition) is 2. The lowest BCUT2D eigenvalue weighted by Crippen LogP contribution is -2.05. The molecule has 0 bridgehead atoms. The number of benzene rings is 1. The first kappa shape index (κ1) is 11.9. The Bertz CT molecular complexity index is 534. The Kier molecular flexibility index (Phi) is 3.33. The van der Waals surface area contributed by atoms with E-state index in [4.69, 9.17) is 9.47 Å². The molecule has 1 aromatic carbocycles. The van der Waals surface area contributed by atoms with Crippen LogP contribution in [0.25, 0.3) is 10.9 Å². The average molecular weight is 237 g/mol. The number of hydrogen-bond donors (Lipinski definition) is 0. The van der Waals surface area contributed by atoms with Crippen LogP contribution in [0.1, 0.15) is 5.69 Å². The SMILES string of the molecule is COCCOc1c(C)n(C)c2ccc(F)cc12. The summed E-state index contributed by atoms with van der Waals surface area (Å²) in [6.07, 6.45) is 0. The molecule has 0 aliphatic heterocycles. The van der Waals surface area contributed by atoms with Gasteiger partial charge in [-0.15, -0.1) is 0 Å². The van der Waals surface area contributed by atoms with Gasteiger partial charge >= 0.3 is 0 Å². The normalized spacial score (nSPS) is 11.1. The lowest BCUT2D eigenvalue weighted by atomic mass is 10.2. The van der Waals surface area contributed by atoms with Crippen molar-refractivity contribution in [3.63, 3.8) is 0 Å². The topological polar surface area (TPSA) is 23.4 Å². The minimum absolute atomic E-state index is 0.250. The molecule has 0 saturated heterocycles. The smallest absolute Gasteiger partial charge is 0.147 e. The van der Waals surface area contributed by atoms with Gasteiger partial charge in [0.2, 0.25) is 0 Å². The highest BCUT2D eigenvalue weighted by atomic mass is 19.1. The Hall–Kier alpha value is -1.55. The lowest BCUT2D eigenvalue weighted by Gasteiger charge is -2.05. The fourth-order valence-electron chi connectivity index (χ4n) is 1.92. The maximum Gasteiger partial charge on any atom is 0.147 e. The van der Waals surface area contributed by atoms with E-state index < -0.39 is 0 Å². The number of aryl methyl sites for hydroxylation is 1. The molecule has 0 aliphatic carbocycles. The minimum atomic E-state index is -0.250. The Morgan fingerprint density at radius 2 is 2.06 bits per heavy atom. The predicted octanol–water partition coefficient (Wildman–Crippen LogP) is 2.65. The molecule has 0 saturated carbocycles. The van der Waals surface area contributed by atoms with Crippen molar-refractivity contribution >= 4 is 10.9 Å². The molecule has 1 aromatic heterocycles. The van der Waals surface area contributed by atoms with Crippen LogP contribution in [0.4, 0.5) is 4.39 Å². The second kappa shape index (κ2) is 4.75. The largest absolute Gasteiger partial charge is 0.489 e. The van der Waals surface area contributed by atoms with Crippen LogP contribution in [0.15, 0.2) is 18.2 Å². The standard InChI is InChI=1S/C13H16FNO2/c1-9-13(17-7-6-16-3)11-8-10(14)4-5-12(11)15(9)2/h4-5,8H,6-7H2,1-3H3. The van der Waals surface area contributed by atoms with E-state index in [0.717, 1.165) is 22.3 Å². The van der Waals surface area contributed by atoms with Crippen LogP contribution in [-0.2, 0) is 11.8 Å². The molecule has 0 fully saturated rings. The van der Waals surface area contributed by atoms with Crippen LogP contribution in [-0.4, -0.2) is 24.9 Å². The average Bonchev–Trinajstić information content (AvgIpc) is 2.54. The van der Waals surface area contributed by atoms with Crippen molar-refractivity contribution in [1.82, 2.24) is 4.57 Å².